The molecular weight excluding hydrogens is 410 g/mol. The zero-order valence-electron chi connectivity index (χ0n) is 14.5. The minimum Gasteiger partial charge on any atom is -0.455 e. The average molecular weight is 425 g/mol. The van der Waals surface area contributed by atoms with E-state index in [9.17, 15) is 18.8 Å². The molecule has 3 rings (SSSR count). The van der Waals surface area contributed by atoms with Gasteiger partial charge in [-0.05, 0) is 42.5 Å². The van der Waals surface area contributed by atoms with E-state index in [4.69, 9.17) is 27.9 Å². The molecule has 1 N–H and O–H groups in total. The molecule has 1 fully saturated rings. The SMILES string of the molecule is O=C(COC(=O)[C@H]1CC(=O)N(c2cc(Cl)ccc2Cl)C1)Nc1ccc(F)cc1. The maximum Gasteiger partial charge on any atom is 0.311 e. The molecule has 1 atom stereocenters. The van der Waals surface area contributed by atoms with Gasteiger partial charge in [0.1, 0.15) is 5.82 Å². The van der Waals surface area contributed by atoms with Crippen molar-refractivity contribution in [3.05, 3.63) is 58.3 Å². The second-order valence-electron chi connectivity index (χ2n) is 6.16. The Morgan fingerprint density at radius 2 is 1.89 bits per heavy atom. The van der Waals surface area contributed by atoms with E-state index >= 15 is 0 Å². The van der Waals surface area contributed by atoms with Crippen LogP contribution in [-0.2, 0) is 19.1 Å². The minimum atomic E-state index is -0.721. The van der Waals surface area contributed by atoms with Gasteiger partial charge in [0.15, 0.2) is 6.61 Å². The molecule has 0 bridgehead atoms. The van der Waals surface area contributed by atoms with E-state index in [1.54, 1.807) is 18.2 Å². The Morgan fingerprint density at radius 1 is 1.18 bits per heavy atom. The molecule has 28 heavy (non-hydrogen) atoms. The summed E-state index contributed by atoms with van der Waals surface area (Å²) in [7, 11) is 0. The predicted octanol–water partition coefficient (Wildman–Crippen LogP) is 3.67. The first-order valence-electron chi connectivity index (χ1n) is 8.31. The van der Waals surface area contributed by atoms with Crippen LogP contribution in [0, 0.1) is 11.7 Å². The lowest BCUT2D eigenvalue weighted by atomic mass is 10.1. The number of esters is 1. The summed E-state index contributed by atoms with van der Waals surface area (Å²) in [6.07, 6.45) is -0.0543. The third-order valence-electron chi connectivity index (χ3n) is 4.13. The van der Waals surface area contributed by atoms with Crippen molar-refractivity contribution < 1.29 is 23.5 Å². The first kappa shape index (κ1) is 20.1. The lowest BCUT2D eigenvalue weighted by Crippen LogP contribution is -2.28. The van der Waals surface area contributed by atoms with Crippen molar-refractivity contribution in [2.45, 2.75) is 6.42 Å². The first-order valence-corrected chi connectivity index (χ1v) is 9.06. The molecule has 1 saturated heterocycles. The van der Waals surface area contributed by atoms with Crippen LogP contribution in [0.1, 0.15) is 6.42 Å². The Bertz CT molecular complexity index is 921. The normalized spacial score (nSPS) is 16.2. The summed E-state index contributed by atoms with van der Waals surface area (Å²) >= 11 is 12.1. The Morgan fingerprint density at radius 3 is 2.61 bits per heavy atom. The summed E-state index contributed by atoms with van der Waals surface area (Å²) in [6.45, 7) is -0.434. The molecule has 0 spiro atoms. The van der Waals surface area contributed by atoms with Crippen molar-refractivity contribution >= 4 is 52.4 Å². The van der Waals surface area contributed by atoms with Gasteiger partial charge in [-0.25, -0.2) is 4.39 Å². The molecular formula is C19H15Cl2FN2O4. The number of carbonyl (C=O) groups excluding carboxylic acids is 3. The topological polar surface area (TPSA) is 75.7 Å². The lowest BCUT2D eigenvalue weighted by molar-refractivity contribution is -0.151. The van der Waals surface area contributed by atoms with Crippen molar-refractivity contribution in [3.8, 4) is 0 Å². The lowest BCUT2D eigenvalue weighted by Gasteiger charge is -2.18. The molecule has 2 aromatic carbocycles. The monoisotopic (exact) mass is 424 g/mol. The van der Waals surface area contributed by atoms with Crippen LogP contribution >= 0.6 is 23.2 Å². The number of hydrogen-bond acceptors (Lipinski definition) is 4. The summed E-state index contributed by atoms with van der Waals surface area (Å²) in [5, 5.41) is 3.23. The van der Waals surface area contributed by atoms with Gasteiger partial charge >= 0.3 is 5.97 Å². The van der Waals surface area contributed by atoms with Gasteiger partial charge in [-0.1, -0.05) is 23.2 Å². The molecule has 0 unspecified atom stereocenters. The molecule has 2 aromatic rings. The fourth-order valence-electron chi connectivity index (χ4n) is 2.78. The highest BCUT2D eigenvalue weighted by Crippen LogP contribution is 2.33. The maximum atomic E-state index is 12.9. The Balaban J connectivity index is 1.55. The van der Waals surface area contributed by atoms with Gasteiger partial charge in [-0.3, -0.25) is 14.4 Å². The van der Waals surface area contributed by atoms with E-state index in [1.165, 1.54) is 29.2 Å². The number of halogens is 3. The number of benzene rings is 2. The quantitative estimate of drug-likeness (QED) is 0.742. The Labute approximate surface area is 170 Å². The van der Waals surface area contributed by atoms with Gasteiger partial charge in [0.25, 0.3) is 5.91 Å². The second kappa shape index (κ2) is 8.58. The van der Waals surface area contributed by atoms with Crippen molar-refractivity contribution in [1.29, 1.82) is 0 Å². The molecule has 1 aliphatic rings. The standard InChI is InChI=1S/C19H15Cl2FN2O4/c20-12-1-6-15(21)16(8-12)24-9-11(7-18(24)26)19(27)28-10-17(25)23-14-4-2-13(22)3-5-14/h1-6,8,11H,7,9-10H2,(H,23,25)/t11-/m0/s1. The van der Waals surface area contributed by atoms with Crippen LogP contribution in [0.4, 0.5) is 15.8 Å². The van der Waals surface area contributed by atoms with Gasteiger partial charge in [0.2, 0.25) is 5.91 Å². The summed E-state index contributed by atoms with van der Waals surface area (Å²) < 4.78 is 17.9. The van der Waals surface area contributed by atoms with Crippen molar-refractivity contribution in [3.63, 3.8) is 0 Å². The number of anilines is 2. The molecule has 0 saturated carbocycles. The van der Waals surface area contributed by atoms with Crippen molar-refractivity contribution in [2.75, 3.05) is 23.4 Å². The summed E-state index contributed by atoms with van der Waals surface area (Å²) in [6, 6.07) is 9.88. The molecule has 0 aromatic heterocycles. The fraction of sp³-hybridized carbons (Fsp3) is 0.211. The van der Waals surface area contributed by atoms with E-state index < -0.39 is 30.2 Å². The van der Waals surface area contributed by atoms with E-state index in [-0.39, 0.29) is 18.9 Å². The van der Waals surface area contributed by atoms with E-state index in [0.717, 1.165) is 0 Å². The Kier molecular flexibility index (Phi) is 6.16. The van der Waals surface area contributed by atoms with Crippen LogP contribution in [0.25, 0.3) is 0 Å². The van der Waals surface area contributed by atoms with E-state index in [2.05, 4.69) is 5.32 Å². The van der Waals surface area contributed by atoms with Gasteiger partial charge in [0.05, 0.1) is 16.6 Å². The average Bonchev–Trinajstić information content (AvgIpc) is 3.05. The molecule has 6 nitrogen and oxygen atoms in total. The summed E-state index contributed by atoms with van der Waals surface area (Å²) in [4.78, 5) is 37.7. The fourth-order valence-corrected chi connectivity index (χ4v) is 3.16. The van der Waals surface area contributed by atoms with Crippen LogP contribution in [0.5, 0.6) is 0 Å². The number of ether oxygens (including phenoxy) is 1. The van der Waals surface area contributed by atoms with E-state index in [1.807, 2.05) is 0 Å². The highest BCUT2D eigenvalue weighted by molar-refractivity contribution is 6.35. The molecule has 1 aliphatic heterocycles. The molecule has 146 valence electrons. The number of nitrogens with one attached hydrogen (secondary N) is 1. The van der Waals surface area contributed by atoms with Crippen LogP contribution in [-0.4, -0.2) is 30.9 Å². The number of nitrogens with zero attached hydrogens (tertiary/aromatic N) is 1. The van der Waals surface area contributed by atoms with Crippen molar-refractivity contribution in [2.24, 2.45) is 5.92 Å². The number of amides is 2. The summed E-state index contributed by atoms with van der Waals surface area (Å²) in [5.74, 6) is -2.68. The molecule has 1 heterocycles. The van der Waals surface area contributed by atoms with E-state index in [0.29, 0.717) is 21.4 Å². The third-order valence-corrected chi connectivity index (χ3v) is 4.69. The Hall–Kier alpha value is -2.64. The van der Waals surface area contributed by atoms with Crippen LogP contribution in [0.15, 0.2) is 42.5 Å². The highest BCUT2D eigenvalue weighted by atomic mass is 35.5. The van der Waals surface area contributed by atoms with Crippen molar-refractivity contribution in [1.82, 2.24) is 0 Å². The molecule has 0 radical (unpaired) electrons. The predicted molar refractivity (Wildman–Crippen MR) is 103 cm³/mol. The zero-order chi connectivity index (χ0) is 20.3. The van der Waals surface area contributed by atoms with Gasteiger partial charge < -0.3 is 15.0 Å². The summed E-state index contributed by atoms with van der Waals surface area (Å²) in [5.41, 5.74) is 0.795. The molecule has 2 amide bonds. The number of rotatable bonds is 5. The smallest absolute Gasteiger partial charge is 0.311 e. The highest BCUT2D eigenvalue weighted by Gasteiger charge is 2.37. The minimum absolute atomic E-state index is 0.0543. The molecule has 0 aliphatic carbocycles. The zero-order valence-corrected chi connectivity index (χ0v) is 16.0. The molecule has 9 heteroatoms. The maximum absolute atomic E-state index is 12.9. The van der Waals surface area contributed by atoms with Gasteiger partial charge in [-0.15, -0.1) is 0 Å². The van der Waals surface area contributed by atoms with Crippen LogP contribution < -0.4 is 10.2 Å². The largest absolute Gasteiger partial charge is 0.455 e. The third kappa shape index (κ3) is 4.79. The van der Waals surface area contributed by atoms with Gasteiger partial charge in [-0.2, -0.15) is 0 Å². The number of hydrogen-bond donors (Lipinski definition) is 1. The first-order chi connectivity index (χ1) is 13.3. The van der Waals surface area contributed by atoms with Crippen LogP contribution in [0.3, 0.4) is 0 Å². The van der Waals surface area contributed by atoms with Crippen LogP contribution in [0.2, 0.25) is 10.0 Å². The number of carbonyl (C=O) groups is 3. The van der Waals surface area contributed by atoms with Gasteiger partial charge in [0, 0.05) is 23.7 Å². The second-order valence-corrected chi connectivity index (χ2v) is 7.01.